The molecule has 14 heavy (non-hydrogen) atoms. The molecule has 0 saturated heterocycles. The Morgan fingerprint density at radius 3 is 2.71 bits per heavy atom. The zero-order valence-electron chi connectivity index (χ0n) is 8.20. The number of hydrogen-bond donors (Lipinski definition) is 1. The van der Waals surface area contributed by atoms with Crippen LogP contribution in [0.2, 0.25) is 5.02 Å². The molecule has 1 aliphatic carbocycles. The van der Waals surface area contributed by atoms with Crippen LogP contribution in [0.25, 0.3) is 0 Å². The van der Waals surface area contributed by atoms with Crippen LogP contribution in [0, 0.1) is 0 Å². The lowest BCUT2D eigenvalue weighted by atomic mass is 10.2. The molecule has 0 radical (unpaired) electrons. The second-order valence-corrected chi connectivity index (χ2v) is 4.19. The van der Waals surface area contributed by atoms with Crippen LogP contribution in [-0.4, -0.2) is 18.2 Å². The van der Waals surface area contributed by atoms with Gasteiger partial charge in [0.05, 0.1) is 17.3 Å². The molecule has 1 aromatic rings. The smallest absolute Gasteiger partial charge is 0.0682 e. The standard InChI is InChI=1S/C11H14ClNO/c1-13(9-3-4-9)11-5-2-8(7-14)6-10(11)12/h2,5-6,9,14H,3-4,7H2,1H3. The van der Waals surface area contributed by atoms with Crippen molar-refractivity contribution in [1.82, 2.24) is 0 Å². The van der Waals surface area contributed by atoms with Gasteiger partial charge in [-0.3, -0.25) is 0 Å². The van der Waals surface area contributed by atoms with Gasteiger partial charge in [-0.2, -0.15) is 0 Å². The number of nitrogens with zero attached hydrogens (tertiary/aromatic N) is 1. The highest BCUT2D eigenvalue weighted by Gasteiger charge is 2.27. The van der Waals surface area contributed by atoms with Crippen LogP contribution in [0.1, 0.15) is 18.4 Å². The molecule has 2 nitrogen and oxygen atoms in total. The molecule has 3 heteroatoms. The van der Waals surface area contributed by atoms with Crippen molar-refractivity contribution in [1.29, 1.82) is 0 Å². The molecule has 0 aromatic heterocycles. The van der Waals surface area contributed by atoms with Crippen molar-refractivity contribution >= 4 is 17.3 Å². The monoisotopic (exact) mass is 211 g/mol. The Morgan fingerprint density at radius 2 is 2.21 bits per heavy atom. The van der Waals surface area contributed by atoms with Crippen molar-refractivity contribution in [2.45, 2.75) is 25.5 Å². The van der Waals surface area contributed by atoms with Gasteiger partial charge in [-0.25, -0.2) is 0 Å². The van der Waals surface area contributed by atoms with Crippen LogP contribution in [-0.2, 0) is 6.61 Å². The summed E-state index contributed by atoms with van der Waals surface area (Å²) in [6, 6.07) is 6.38. The van der Waals surface area contributed by atoms with Crippen LogP contribution < -0.4 is 4.90 Å². The number of anilines is 1. The fourth-order valence-electron chi connectivity index (χ4n) is 1.59. The molecule has 76 valence electrons. The van der Waals surface area contributed by atoms with E-state index in [4.69, 9.17) is 16.7 Å². The van der Waals surface area contributed by atoms with Crippen molar-refractivity contribution in [2.75, 3.05) is 11.9 Å². The molecule has 1 fully saturated rings. The molecular formula is C11H14ClNO. The van der Waals surface area contributed by atoms with Gasteiger partial charge in [-0.15, -0.1) is 0 Å². The maximum absolute atomic E-state index is 8.94. The summed E-state index contributed by atoms with van der Waals surface area (Å²) in [5.41, 5.74) is 1.93. The van der Waals surface area contributed by atoms with E-state index in [0.717, 1.165) is 16.3 Å². The minimum atomic E-state index is 0.0488. The van der Waals surface area contributed by atoms with E-state index in [-0.39, 0.29) is 6.61 Å². The molecule has 0 unspecified atom stereocenters. The normalized spacial score (nSPS) is 15.6. The van der Waals surface area contributed by atoms with Crippen LogP contribution >= 0.6 is 11.6 Å². The average molecular weight is 212 g/mol. The molecule has 0 bridgehead atoms. The maximum atomic E-state index is 8.94. The second-order valence-electron chi connectivity index (χ2n) is 3.79. The lowest BCUT2D eigenvalue weighted by Gasteiger charge is -2.20. The topological polar surface area (TPSA) is 23.5 Å². The molecule has 2 rings (SSSR count). The molecule has 0 amide bonds. The Balaban J connectivity index is 2.24. The zero-order valence-corrected chi connectivity index (χ0v) is 8.96. The average Bonchev–Trinajstić information content (AvgIpc) is 3.00. The fraction of sp³-hybridized carbons (Fsp3) is 0.455. The van der Waals surface area contributed by atoms with E-state index in [1.807, 2.05) is 18.2 Å². The van der Waals surface area contributed by atoms with Gasteiger partial charge >= 0.3 is 0 Å². The molecule has 0 atom stereocenters. The lowest BCUT2D eigenvalue weighted by molar-refractivity contribution is 0.282. The first kappa shape index (κ1) is 9.81. The molecule has 1 aromatic carbocycles. The summed E-state index contributed by atoms with van der Waals surface area (Å²) in [5, 5.41) is 9.67. The maximum Gasteiger partial charge on any atom is 0.0682 e. The number of halogens is 1. The van der Waals surface area contributed by atoms with E-state index in [1.165, 1.54) is 12.8 Å². The highest BCUT2D eigenvalue weighted by atomic mass is 35.5. The Kier molecular flexibility index (Phi) is 2.66. The van der Waals surface area contributed by atoms with E-state index >= 15 is 0 Å². The first-order valence-electron chi connectivity index (χ1n) is 4.84. The third-order valence-corrected chi connectivity index (χ3v) is 2.97. The highest BCUT2D eigenvalue weighted by Crippen LogP contribution is 2.34. The number of aliphatic hydroxyl groups is 1. The molecule has 1 N–H and O–H groups in total. The van der Waals surface area contributed by atoms with Gasteiger partial charge < -0.3 is 10.0 Å². The van der Waals surface area contributed by atoms with Gasteiger partial charge in [0.15, 0.2) is 0 Å². The lowest BCUT2D eigenvalue weighted by Crippen LogP contribution is -2.19. The predicted molar refractivity (Wildman–Crippen MR) is 58.8 cm³/mol. The summed E-state index contributed by atoms with van der Waals surface area (Å²) in [5.74, 6) is 0. The first-order chi connectivity index (χ1) is 6.72. The third-order valence-electron chi connectivity index (χ3n) is 2.67. The van der Waals surface area contributed by atoms with E-state index in [2.05, 4.69) is 11.9 Å². The number of hydrogen-bond acceptors (Lipinski definition) is 2. The van der Waals surface area contributed by atoms with E-state index in [9.17, 15) is 0 Å². The summed E-state index contributed by atoms with van der Waals surface area (Å²) in [7, 11) is 2.07. The highest BCUT2D eigenvalue weighted by molar-refractivity contribution is 6.33. The quantitative estimate of drug-likeness (QED) is 0.830. The van der Waals surface area contributed by atoms with Crippen molar-refractivity contribution in [3.05, 3.63) is 28.8 Å². The Hall–Kier alpha value is -0.730. The van der Waals surface area contributed by atoms with Gasteiger partial charge in [0.1, 0.15) is 0 Å². The largest absolute Gasteiger partial charge is 0.392 e. The Bertz CT molecular complexity index is 336. The first-order valence-corrected chi connectivity index (χ1v) is 5.22. The van der Waals surface area contributed by atoms with Gasteiger partial charge in [0.2, 0.25) is 0 Å². The number of benzene rings is 1. The second kappa shape index (κ2) is 3.79. The molecule has 0 heterocycles. The van der Waals surface area contributed by atoms with E-state index in [0.29, 0.717) is 6.04 Å². The fourth-order valence-corrected chi connectivity index (χ4v) is 1.93. The summed E-state index contributed by atoms with van der Waals surface area (Å²) < 4.78 is 0. The third kappa shape index (κ3) is 1.86. The summed E-state index contributed by atoms with van der Waals surface area (Å²) in [6.45, 7) is 0.0488. The van der Waals surface area contributed by atoms with Crippen LogP contribution in [0.5, 0.6) is 0 Å². The summed E-state index contributed by atoms with van der Waals surface area (Å²) in [6.07, 6.45) is 2.52. The summed E-state index contributed by atoms with van der Waals surface area (Å²) >= 11 is 6.12. The molecular weight excluding hydrogens is 198 g/mol. The van der Waals surface area contributed by atoms with Crippen molar-refractivity contribution < 1.29 is 5.11 Å². The SMILES string of the molecule is CN(c1ccc(CO)cc1Cl)C1CC1. The minimum Gasteiger partial charge on any atom is -0.392 e. The van der Waals surface area contributed by atoms with Gasteiger partial charge in [0.25, 0.3) is 0 Å². The Morgan fingerprint density at radius 1 is 1.50 bits per heavy atom. The molecule has 0 aliphatic heterocycles. The van der Waals surface area contributed by atoms with Gasteiger partial charge in [0, 0.05) is 13.1 Å². The summed E-state index contributed by atoms with van der Waals surface area (Å²) in [4.78, 5) is 2.21. The van der Waals surface area contributed by atoms with Gasteiger partial charge in [-0.05, 0) is 30.5 Å². The van der Waals surface area contributed by atoms with Crippen LogP contribution in [0.4, 0.5) is 5.69 Å². The van der Waals surface area contributed by atoms with E-state index in [1.54, 1.807) is 0 Å². The Labute approximate surface area is 89.1 Å². The van der Waals surface area contributed by atoms with Crippen molar-refractivity contribution in [3.8, 4) is 0 Å². The van der Waals surface area contributed by atoms with Gasteiger partial charge in [-0.1, -0.05) is 17.7 Å². The molecule has 1 aliphatic rings. The van der Waals surface area contributed by atoms with Crippen LogP contribution in [0.3, 0.4) is 0 Å². The van der Waals surface area contributed by atoms with Crippen LogP contribution in [0.15, 0.2) is 18.2 Å². The minimum absolute atomic E-state index is 0.0488. The number of rotatable bonds is 3. The number of aliphatic hydroxyl groups excluding tert-OH is 1. The van der Waals surface area contributed by atoms with Crippen molar-refractivity contribution in [2.24, 2.45) is 0 Å². The zero-order chi connectivity index (χ0) is 10.1. The molecule has 0 spiro atoms. The predicted octanol–water partition coefficient (Wildman–Crippen LogP) is 2.43. The van der Waals surface area contributed by atoms with E-state index < -0.39 is 0 Å². The van der Waals surface area contributed by atoms with Crippen molar-refractivity contribution in [3.63, 3.8) is 0 Å². The molecule has 1 saturated carbocycles.